The third-order valence-corrected chi connectivity index (χ3v) is 1.74. The molecule has 0 saturated carbocycles. The van der Waals surface area contributed by atoms with Crippen LogP contribution < -0.4 is 0 Å². The van der Waals surface area contributed by atoms with Crippen LogP contribution in [-0.4, -0.2) is 14.8 Å². The van der Waals surface area contributed by atoms with Crippen LogP contribution in [-0.2, 0) is 7.05 Å². The molecular weight excluding hydrogens is 138 g/mol. The predicted octanol–water partition coefficient (Wildman–Crippen LogP) is 1.42. The van der Waals surface area contributed by atoms with Gasteiger partial charge in [0, 0.05) is 25.0 Å². The molecule has 1 N–H and O–H groups in total. The molecule has 0 atom stereocenters. The van der Waals surface area contributed by atoms with Crippen LogP contribution in [0.2, 0.25) is 0 Å². The Morgan fingerprint density at radius 3 is 3.00 bits per heavy atom. The molecule has 0 aliphatic carbocycles. The van der Waals surface area contributed by atoms with Crippen LogP contribution in [0.3, 0.4) is 0 Å². The van der Waals surface area contributed by atoms with E-state index in [2.05, 4.69) is 20.8 Å². The Hall–Kier alpha value is -1.51. The fourth-order valence-electron chi connectivity index (χ4n) is 1.15. The topological polar surface area (TPSA) is 33.6 Å². The SMILES string of the molecule is Cn1cccc1-c1cn[nH]c1. The summed E-state index contributed by atoms with van der Waals surface area (Å²) in [6.45, 7) is 0. The minimum atomic E-state index is 1.12. The molecule has 3 heteroatoms. The molecule has 0 aromatic carbocycles. The van der Waals surface area contributed by atoms with Gasteiger partial charge in [0.2, 0.25) is 0 Å². The van der Waals surface area contributed by atoms with Gasteiger partial charge in [-0.1, -0.05) is 0 Å². The number of H-pyrrole nitrogens is 1. The number of aromatic amines is 1. The number of rotatable bonds is 1. The highest BCUT2D eigenvalue weighted by molar-refractivity contribution is 5.57. The zero-order valence-electron chi connectivity index (χ0n) is 6.28. The van der Waals surface area contributed by atoms with Crippen molar-refractivity contribution in [2.24, 2.45) is 7.05 Å². The fourth-order valence-corrected chi connectivity index (χ4v) is 1.15. The molecule has 0 unspecified atom stereocenters. The highest BCUT2D eigenvalue weighted by atomic mass is 15.1. The van der Waals surface area contributed by atoms with Gasteiger partial charge in [-0.05, 0) is 12.1 Å². The molecule has 0 saturated heterocycles. The summed E-state index contributed by atoms with van der Waals surface area (Å²) < 4.78 is 2.06. The third kappa shape index (κ3) is 0.941. The second-order valence-corrected chi connectivity index (χ2v) is 2.49. The maximum atomic E-state index is 3.88. The summed E-state index contributed by atoms with van der Waals surface area (Å²) in [5.74, 6) is 0. The maximum absolute atomic E-state index is 3.88. The van der Waals surface area contributed by atoms with E-state index in [9.17, 15) is 0 Å². The van der Waals surface area contributed by atoms with Gasteiger partial charge < -0.3 is 4.57 Å². The lowest BCUT2D eigenvalue weighted by atomic mass is 10.3. The van der Waals surface area contributed by atoms with Gasteiger partial charge in [-0.2, -0.15) is 5.10 Å². The smallest absolute Gasteiger partial charge is 0.0580 e. The first-order valence-electron chi connectivity index (χ1n) is 3.48. The summed E-state index contributed by atoms with van der Waals surface area (Å²) in [5.41, 5.74) is 2.30. The number of nitrogens with one attached hydrogen (secondary N) is 1. The van der Waals surface area contributed by atoms with Crippen molar-refractivity contribution in [1.29, 1.82) is 0 Å². The van der Waals surface area contributed by atoms with Crippen molar-refractivity contribution >= 4 is 0 Å². The monoisotopic (exact) mass is 147 g/mol. The van der Waals surface area contributed by atoms with Gasteiger partial charge >= 0.3 is 0 Å². The van der Waals surface area contributed by atoms with Crippen LogP contribution >= 0.6 is 0 Å². The first-order valence-corrected chi connectivity index (χ1v) is 3.48. The van der Waals surface area contributed by atoms with Gasteiger partial charge in [-0.15, -0.1) is 0 Å². The van der Waals surface area contributed by atoms with Crippen LogP contribution in [0.15, 0.2) is 30.7 Å². The first-order chi connectivity index (χ1) is 5.38. The average Bonchev–Trinajstić information content (AvgIpc) is 2.55. The number of hydrogen-bond donors (Lipinski definition) is 1. The number of nitrogens with zero attached hydrogens (tertiary/aromatic N) is 2. The lowest BCUT2D eigenvalue weighted by Gasteiger charge is -1.96. The number of aromatic nitrogens is 3. The number of hydrogen-bond acceptors (Lipinski definition) is 1. The van der Waals surface area contributed by atoms with Crippen LogP contribution in [0.1, 0.15) is 0 Å². The fraction of sp³-hybridized carbons (Fsp3) is 0.125. The van der Waals surface area contributed by atoms with E-state index in [4.69, 9.17) is 0 Å². The van der Waals surface area contributed by atoms with Crippen LogP contribution in [0, 0.1) is 0 Å². The second kappa shape index (κ2) is 2.27. The van der Waals surface area contributed by atoms with Gasteiger partial charge in [0.15, 0.2) is 0 Å². The van der Waals surface area contributed by atoms with Crippen LogP contribution in [0.5, 0.6) is 0 Å². The second-order valence-electron chi connectivity index (χ2n) is 2.49. The quantitative estimate of drug-likeness (QED) is 0.650. The summed E-state index contributed by atoms with van der Waals surface area (Å²) >= 11 is 0. The Morgan fingerprint density at radius 2 is 2.45 bits per heavy atom. The molecule has 0 radical (unpaired) electrons. The molecule has 0 spiro atoms. The van der Waals surface area contributed by atoms with Crippen molar-refractivity contribution in [2.75, 3.05) is 0 Å². The van der Waals surface area contributed by atoms with Crippen molar-refractivity contribution < 1.29 is 0 Å². The van der Waals surface area contributed by atoms with E-state index < -0.39 is 0 Å². The Kier molecular flexibility index (Phi) is 1.28. The minimum Gasteiger partial charge on any atom is -0.350 e. The molecule has 0 bridgehead atoms. The molecule has 0 amide bonds. The maximum Gasteiger partial charge on any atom is 0.0580 e. The lowest BCUT2D eigenvalue weighted by molar-refractivity contribution is 0.937. The Balaban J connectivity index is 2.53. The largest absolute Gasteiger partial charge is 0.350 e. The number of aryl methyl sites for hydroxylation is 1. The predicted molar refractivity (Wildman–Crippen MR) is 43.0 cm³/mol. The standard InChI is InChI=1S/C8H9N3/c1-11-4-2-3-8(11)7-5-9-10-6-7/h2-6H,1H3,(H,9,10). The van der Waals surface area contributed by atoms with Gasteiger partial charge in [0.1, 0.15) is 0 Å². The summed E-state index contributed by atoms with van der Waals surface area (Å²) in [6, 6.07) is 4.08. The molecule has 0 aliphatic rings. The lowest BCUT2D eigenvalue weighted by Crippen LogP contribution is -1.86. The van der Waals surface area contributed by atoms with Crippen molar-refractivity contribution in [3.8, 4) is 11.3 Å². The van der Waals surface area contributed by atoms with Gasteiger partial charge in [0.25, 0.3) is 0 Å². The summed E-state index contributed by atoms with van der Waals surface area (Å²) in [6.07, 6.45) is 5.72. The minimum absolute atomic E-state index is 1.12. The van der Waals surface area contributed by atoms with Crippen LogP contribution in [0.25, 0.3) is 11.3 Å². The van der Waals surface area contributed by atoms with E-state index in [0.29, 0.717) is 0 Å². The van der Waals surface area contributed by atoms with E-state index >= 15 is 0 Å². The molecule has 0 fully saturated rings. The summed E-state index contributed by atoms with van der Waals surface area (Å²) in [5, 5.41) is 6.66. The van der Waals surface area contributed by atoms with E-state index in [1.807, 2.05) is 31.7 Å². The van der Waals surface area contributed by atoms with Crippen molar-refractivity contribution in [2.45, 2.75) is 0 Å². The zero-order chi connectivity index (χ0) is 7.68. The molecule has 2 aromatic rings. The normalized spacial score (nSPS) is 10.3. The summed E-state index contributed by atoms with van der Waals surface area (Å²) in [4.78, 5) is 0. The van der Waals surface area contributed by atoms with Crippen molar-refractivity contribution in [1.82, 2.24) is 14.8 Å². The van der Waals surface area contributed by atoms with Crippen molar-refractivity contribution in [3.63, 3.8) is 0 Å². The molecule has 3 nitrogen and oxygen atoms in total. The molecule has 56 valence electrons. The van der Waals surface area contributed by atoms with Gasteiger partial charge in [0.05, 0.1) is 11.9 Å². The van der Waals surface area contributed by atoms with Gasteiger partial charge in [-0.25, -0.2) is 0 Å². The van der Waals surface area contributed by atoms with Crippen molar-refractivity contribution in [3.05, 3.63) is 30.7 Å². The van der Waals surface area contributed by atoms with E-state index in [1.165, 1.54) is 5.69 Å². The zero-order valence-corrected chi connectivity index (χ0v) is 6.28. The van der Waals surface area contributed by atoms with Crippen LogP contribution in [0.4, 0.5) is 0 Å². The molecule has 11 heavy (non-hydrogen) atoms. The average molecular weight is 147 g/mol. The molecule has 2 heterocycles. The Labute approximate surface area is 64.7 Å². The molecule has 2 aromatic heterocycles. The highest BCUT2D eigenvalue weighted by Gasteiger charge is 1.99. The Morgan fingerprint density at radius 1 is 1.55 bits per heavy atom. The first kappa shape index (κ1) is 6.22. The molecule has 0 aliphatic heterocycles. The van der Waals surface area contributed by atoms with E-state index in [1.54, 1.807) is 0 Å². The van der Waals surface area contributed by atoms with Gasteiger partial charge in [-0.3, -0.25) is 5.10 Å². The summed E-state index contributed by atoms with van der Waals surface area (Å²) in [7, 11) is 2.02. The van der Waals surface area contributed by atoms with E-state index in [-0.39, 0.29) is 0 Å². The molecule has 2 rings (SSSR count). The third-order valence-electron chi connectivity index (χ3n) is 1.74. The molecular formula is C8H9N3. The highest BCUT2D eigenvalue weighted by Crippen LogP contribution is 2.16. The van der Waals surface area contributed by atoms with E-state index in [0.717, 1.165) is 5.56 Å². The Bertz CT molecular complexity index is 332.